The first-order chi connectivity index (χ1) is 16.2. The van der Waals surface area contributed by atoms with Crippen molar-refractivity contribution < 1.29 is 23.4 Å². The lowest BCUT2D eigenvalue weighted by Crippen LogP contribution is -2.26. The Labute approximate surface area is 198 Å². The number of fused-ring (bicyclic) bond motifs is 3. The van der Waals surface area contributed by atoms with E-state index in [0.29, 0.717) is 18.7 Å². The number of phenols is 1. The lowest BCUT2D eigenvalue weighted by atomic mass is 10.1. The Morgan fingerprint density at radius 1 is 1.00 bits per heavy atom. The predicted octanol–water partition coefficient (Wildman–Crippen LogP) is 3.88. The Morgan fingerprint density at radius 2 is 1.76 bits per heavy atom. The molecular formula is C25H29N3O5S. The molecule has 5 N–H and O–H groups in total. The average Bonchev–Trinajstić information content (AvgIpc) is 3.17. The molecule has 3 aromatic carbocycles. The van der Waals surface area contributed by atoms with Crippen LogP contribution in [0, 0.1) is 0 Å². The number of aromatic hydroxyl groups is 1. The molecule has 0 amide bonds. The average molecular weight is 484 g/mol. The number of para-hydroxylation sites is 1. The molecule has 1 unspecified atom stereocenters. The smallest absolute Gasteiger partial charge is 0.235 e. The van der Waals surface area contributed by atoms with Crippen LogP contribution >= 0.6 is 0 Å². The second-order valence-electron chi connectivity index (χ2n) is 8.42. The monoisotopic (exact) mass is 483 g/mol. The summed E-state index contributed by atoms with van der Waals surface area (Å²) in [6.45, 7) is 4.25. The van der Waals surface area contributed by atoms with Crippen molar-refractivity contribution in [3.05, 3.63) is 66.2 Å². The molecule has 0 aliphatic carbocycles. The molecule has 4 rings (SSSR count). The van der Waals surface area contributed by atoms with Gasteiger partial charge >= 0.3 is 0 Å². The summed E-state index contributed by atoms with van der Waals surface area (Å²) in [5.74, 6) is 0.551. The van der Waals surface area contributed by atoms with Crippen LogP contribution in [0.4, 0.5) is 5.69 Å². The summed E-state index contributed by atoms with van der Waals surface area (Å²) in [4.78, 5) is 3.39. The van der Waals surface area contributed by atoms with Crippen LogP contribution in [0.3, 0.4) is 0 Å². The molecule has 1 atom stereocenters. The van der Waals surface area contributed by atoms with Crippen LogP contribution in [0.2, 0.25) is 0 Å². The molecule has 8 nitrogen and oxygen atoms in total. The normalized spacial score (nSPS) is 12.9. The van der Waals surface area contributed by atoms with E-state index in [4.69, 9.17) is 4.74 Å². The third-order valence-corrected chi connectivity index (χ3v) is 7.39. The van der Waals surface area contributed by atoms with E-state index in [1.807, 2.05) is 36.4 Å². The van der Waals surface area contributed by atoms with Gasteiger partial charge in [-0.2, -0.15) is 0 Å². The van der Waals surface area contributed by atoms with Gasteiger partial charge in [-0.15, -0.1) is 0 Å². The maximum absolute atomic E-state index is 12.1. The van der Waals surface area contributed by atoms with E-state index < -0.39 is 21.4 Å². The molecule has 1 heterocycles. The van der Waals surface area contributed by atoms with Crippen molar-refractivity contribution in [3.63, 3.8) is 0 Å². The fourth-order valence-corrected chi connectivity index (χ4v) is 4.34. The minimum atomic E-state index is -3.61. The van der Waals surface area contributed by atoms with Crippen molar-refractivity contribution >= 4 is 37.5 Å². The largest absolute Gasteiger partial charge is 0.506 e. The fourth-order valence-electron chi connectivity index (χ4n) is 3.63. The first-order valence-electron chi connectivity index (χ1n) is 11.1. The standard InChI is InChI=1S/C25H29N3O5S/c1-16(2)34(31,32)28-23-13-17(7-10-24(23)29)25(30)15-26-11-12-33-18-8-9-20-19-5-3-4-6-21(19)27-22(20)14-18/h3-10,13-14,16,25-30H,11-12,15H2,1-2H3. The molecule has 1 aromatic heterocycles. The number of rotatable bonds is 10. The number of aromatic amines is 1. The molecule has 0 saturated carbocycles. The quantitative estimate of drug-likeness (QED) is 0.172. The number of H-pyrrole nitrogens is 1. The van der Waals surface area contributed by atoms with Crippen molar-refractivity contribution in [2.24, 2.45) is 0 Å². The van der Waals surface area contributed by atoms with Crippen LogP contribution < -0.4 is 14.8 Å². The highest BCUT2D eigenvalue weighted by atomic mass is 32.2. The molecule has 0 saturated heterocycles. The van der Waals surface area contributed by atoms with Crippen molar-refractivity contribution in [1.29, 1.82) is 0 Å². The Kier molecular flexibility index (Phi) is 6.97. The van der Waals surface area contributed by atoms with E-state index in [9.17, 15) is 18.6 Å². The maximum Gasteiger partial charge on any atom is 0.235 e. The zero-order valence-corrected chi connectivity index (χ0v) is 19.9. The summed E-state index contributed by atoms with van der Waals surface area (Å²) < 4.78 is 32.4. The van der Waals surface area contributed by atoms with Crippen LogP contribution in [-0.2, 0) is 10.0 Å². The number of nitrogens with one attached hydrogen (secondary N) is 3. The van der Waals surface area contributed by atoms with Gasteiger partial charge in [-0.05, 0) is 49.7 Å². The predicted molar refractivity (Wildman–Crippen MR) is 135 cm³/mol. The molecule has 0 aliphatic heterocycles. The number of ether oxygens (including phenoxy) is 1. The van der Waals surface area contributed by atoms with Crippen molar-refractivity contribution in [1.82, 2.24) is 10.3 Å². The summed E-state index contributed by atoms with van der Waals surface area (Å²) in [6.07, 6.45) is -0.884. The fraction of sp³-hybridized carbons (Fsp3) is 0.280. The number of benzene rings is 3. The first kappa shape index (κ1) is 23.9. The molecule has 180 valence electrons. The topological polar surface area (TPSA) is 124 Å². The van der Waals surface area contributed by atoms with E-state index in [1.165, 1.54) is 17.5 Å². The lowest BCUT2D eigenvalue weighted by molar-refractivity contribution is 0.172. The Morgan fingerprint density at radius 3 is 2.56 bits per heavy atom. The summed E-state index contributed by atoms with van der Waals surface area (Å²) in [5.41, 5.74) is 2.62. The van der Waals surface area contributed by atoms with E-state index >= 15 is 0 Å². The number of anilines is 1. The Hall–Kier alpha value is -3.27. The van der Waals surface area contributed by atoms with Gasteiger partial charge in [0.25, 0.3) is 0 Å². The van der Waals surface area contributed by atoms with Gasteiger partial charge in [0.05, 0.1) is 22.6 Å². The van der Waals surface area contributed by atoms with Gasteiger partial charge in [0.1, 0.15) is 18.1 Å². The minimum absolute atomic E-state index is 0.0425. The third kappa shape index (κ3) is 5.27. The van der Waals surface area contributed by atoms with Crippen LogP contribution in [-0.4, -0.2) is 48.6 Å². The molecule has 34 heavy (non-hydrogen) atoms. The SMILES string of the molecule is CC(C)S(=O)(=O)Nc1cc(C(O)CNCCOc2ccc3c(c2)[nH]c2ccccc23)ccc1O. The van der Waals surface area contributed by atoms with Gasteiger partial charge < -0.3 is 25.3 Å². The van der Waals surface area contributed by atoms with Crippen molar-refractivity contribution in [2.45, 2.75) is 25.2 Å². The first-order valence-corrected chi connectivity index (χ1v) is 12.7. The minimum Gasteiger partial charge on any atom is -0.506 e. The van der Waals surface area contributed by atoms with Crippen LogP contribution in [0.25, 0.3) is 21.8 Å². The number of phenolic OH excluding ortho intramolecular Hbond substituents is 1. The second kappa shape index (κ2) is 9.92. The Bertz CT molecular complexity index is 1400. The van der Waals surface area contributed by atoms with Crippen molar-refractivity contribution in [3.8, 4) is 11.5 Å². The highest BCUT2D eigenvalue weighted by Crippen LogP contribution is 2.29. The summed E-state index contributed by atoms with van der Waals surface area (Å²) in [5, 5.41) is 25.3. The number of aliphatic hydroxyl groups is 1. The van der Waals surface area contributed by atoms with Crippen LogP contribution in [0.15, 0.2) is 60.7 Å². The van der Waals surface area contributed by atoms with Gasteiger partial charge in [-0.1, -0.05) is 24.3 Å². The summed E-state index contributed by atoms with van der Waals surface area (Å²) >= 11 is 0. The van der Waals surface area contributed by atoms with Gasteiger partial charge in [0.2, 0.25) is 10.0 Å². The number of hydrogen-bond donors (Lipinski definition) is 5. The summed E-state index contributed by atoms with van der Waals surface area (Å²) in [6, 6.07) is 18.4. The van der Waals surface area contributed by atoms with Gasteiger partial charge in [0, 0.05) is 35.4 Å². The number of aromatic nitrogens is 1. The highest BCUT2D eigenvalue weighted by Gasteiger charge is 2.19. The third-order valence-electron chi connectivity index (χ3n) is 5.64. The number of sulfonamides is 1. The van der Waals surface area contributed by atoms with E-state index in [-0.39, 0.29) is 18.0 Å². The molecule has 0 radical (unpaired) electrons. The lowest BCUT2D eigenvalue weighted by Gasteiger charge is -2.16. The molecule has 0 fully saturated rings. The van der Waals surface area contributed by atoms with Crippen LogP contribution in [0.5, 0.6) is 11.5 Å². The maximum atomic E-state index is 12.1. The van der Waals surface area contributed by atoms with Gasteiger partial charge in [-0.25, -0.2) is 8.42 Å². The molecule has 4 aromatic rings. The zero-order chi connectivity index (χ0) is 24.3. The molecule has 0 aliphatic rings. The number of hydrogen-bond acceptors (Lipinski definition) is 6. The molecule has 0 spiro atoms. The molecule has 0 bridgehead atoms. The zero-order valence-electron chi connectivity index (χ0n) is 19.1. The second-order valence-corrected chi connectivity index (χ2v) is 10.7. The van der Waals surface area contributed by atoms with Crippen molar-refractivity contribution in [2.75, 3.05) is 24.4 Å². The highest BCUT2D eigenvalue weighted by molar-refractivity contribution is 7.93. The Balaban J connectivity index is 1.29. The molecule has 9 heteroatoms. The van der Waals surface area contributed by atoms with E-state index in [1.54, 1.807) is 19.9 Å². The van der Waals surface area contributed by atoms with Crippen LogP contribution in [0.1, 0.15) is 25.5 Å². The van der Waals surface area contributed by atoms with E-state index in [0.717, 1.165) is 22.2 Å². The van der Waals surface area contributed by atoms with E-state index in [2.05, 4.69) is 21.1 Å². The summed E-state index contributed by atoms with van der Waals surface area (Å²) in [7, 11) is -3.61. The number of aliphatic hydroxyl groups excluding tert-OH is 1. The van der Waals surface area contributed by atoms with Gasteiger partial charge in [-0.3, -0.25) is 4.72 Å². The molecular weight excluding hydrogens is 454 g/mol. The van der Waals surface area contributed by atoms with Gasteiger partial charge in [0.15, 0.2) is 0 Å².